The fourth-order valence-electron chi connectivity index (χ4n) is 2.97. The summed E-state index contributed by atoms with van der Waals surface area (Å²) in [6, 6.07) is 13.4. The maximum atomic E-state index is 12.7. The lowest BCUT2D eigenvalue weighted by atomic mass is 10.1. The molecule has 3 rings (SSSR count). The summed E-state index contributed by atoms with van der Waals surface area (Å²) in [6.07, 6.45) is 3.14. The highest BCUT2D eigenvalue weighted by Gasteiger charge is 2.31. The van der Waals surface area contributed by atoms with Crippen molar-refractivity contribution in [2.75, 3.05) is 18.6 Å². The maximum absolute atomic E-state index is 12.7. The molecule has 0 bridgehead atoms. The van der Waals surface area contributed by atoms with Crippen LogP contribution in [0.2, 0.25) is 5.02 Å². The quantitative estimate of drug-likeness (QED) is 0.646. The molecule has 6 nitrogen and oxygen atoms in total. The molecule has 0 spiro atoms. The van der Waals surface area contributed by atoms with E-state index in [1.807, 2.05) is 30.5 Å². The lowest BCUT2D eigenvalue weighted by Gasteiger charge is -2.14. The first kappa shape index (κ1) is 21.7. The zero-order valence-electron chi connectivity index (χ0n) is 15.9. The van der Waals surface area contributed by atoms with Gasteiger partial charge in [-0.2, -0.15) is 11.8 Å². The molecule has 154 valence electrons. The average molecular weight is 452 g/mol. The molecule has 0 radical (unpaired) electrons. The minimum absolute atomic E-state index is 0.186. The Labute approximate surface area is 180 Å². The number of sulfonamides is 1. The Morgan fingerprint density at radius 1 is 1.21 bits per heavy atom. The van der Waals surface area contributed by atoms with Crippen molar-refractivity contribution in [2.24, 2.45) is 4.99 Å². The number of nitrogens with zero attached hydrogens (tertiary/aromatic N) is 1. The number of fused-ring (bicyclic) bond motifs is 1. The van der Waals surface area contributed by atoms with Crippen LogP contribution in [0.5, 0.6) is 0 Å². The molecule has 0 aromatic heterocycles. The van der Waals surface area contributed by atoms with Crippen LogP contribution in [0.15, 0.2) is 58.4 Å². The molecule has 1 aliphatic rings. The SMILES string of the molecule is CSCC[C@@H](N=C1NS(=O)(=O)c2ccccc21)C(=O)NCCc1ccc(Cl)cc1. The van der Waals surface area contributed by atoms with Gasteiger partial charge in [-0.25, -0.2) is 8.42 Å². The molecule has 9 heteroatoms. The molecule has 2 N–H and O–H groups in total. The third kappa shape index (κ3) is 5.52. The third-order valence-corrected chi connectivity index (χ3v) is 6.76. The molecule has 29 heavy (non-hydrogen) atoms. The molecule has 1 atom stereocenters. The van der Waals surface area contributed by atoms with Crippen LogP contribution in [0.25, 0.3) is 0 Å². The number of halogens is 1. The second-order valence-corrected chi connectivity index (χ2v) is 9.62. The van der Waals surface area contributed by atoms with E-state index in [4.69, 9.17) is 11.6 Å². The van der Waals surface area contributed by atoms with E-state index in [1.165, 1.54) is 6.07 Å². The predicted molar refractivity (Wildman–Crippen MR) is 118 cm³/mol. The van der Waals surface area contributed by atoms with Crippen LogP contribution in [-0.2, 0) is 21.2 Å². The number of amidine groups is 1. The lowest BCUT2D eigenvalue weighted by Crippen LogP contribution is -2.37. The van der Waals surface area contributed by atoms with E-state index in [1.54, 1.807) is 30.0 Å². The van der Waals surface area contributed by atoms with Crippen LogP contribution in [0.4, 0.5) is 0 Å². The first-order chi connectivity index (χ1) is 13.9. The summed E-state index contributed by atoms with van der Waals surface area (Å²) >= 11 is 7.50. The van der Waals surface area contributed by atoms with E-state index in [0.29, 0.717) is 30.0 Å². The number of amides is 1. The van der Waals surface area contributed by atoms with Gasteiger partial charge < -0.3 is 5.32 Å². The van der Waals surface area contributed by atoms with E-state index in [0.717, 1.165) is 11.3 Å². The molecule has 1 heterocycles. The minimum atomic E-state index is -3.63. The largest absolute Gasteiger partial charge is 0.354 e. The van der Waals surface area contributed by atoms with Crippen LogP contribution in [0, 0.1) is 0 Å². The standard InChI is InChI=1S/C20H22ClN3O3S2/c1-28-13-11-17(20(25)22-12-10-14-6-8-15(21)9-7-14)23-19-16-4-2-3-5-18(16)29(26,27)24-19/h2-9,17H,10-13H2,1H3,(H,22,25)(H,23,24)/t17-/m1/s1. The molecule has 0 saturated carbocycles. The molecule has 0 unspecified atom stereocenters. The summed E-state index contributed by atoms with van der Waals surface area (Å²) in [7, 11) is -3.63. The molecule has 0 aliphatic carbocycles. The minimum Gasteiger partial charge on any atom is -0.354 e. The van der Waals surface area contributed by atoms with E-state index in [9.17, 15) is 13.2 Å². The van der Waals surface area contributed by atoms with Gasteiger partial charge in [-0.05, 0) is 54.7 Å². The number of carbonyl (C=O) groups is 1. The Hall–Kier alpha value is -2.03. The number of thioether (sulfide) groups is 1. The summed E-state index contributed by atoms with van der Waals surface area (Å²) in [6.45, 7) is 0.462. The first-order valence-corrected chi connectivity index (χ1v) is 12.4. The Bertz CT molecular complexity index is 1010. The average Bonchev–Trinajstić information content (AvgIpc) is 2.97. The van der Waals surface area contributed by atoms with Crippen molar-refractivity contribution < 1.29 is 13.2 Å². The van der Waals surface area contributed by atoms with E-state index >= 15 is 0 Å². The van der Waals surface area contributed by atoms with E-state index in [2.05, 4.69) is 15.0 Å². The van der Waals surface area contributed by atoms with Gasteiger partial charge >= 0.3 is 0 Å². The van der Waals surface area contributed by atoms with Gasteiger partial charge in [-0.3, -0.25) is 14.5 Å². The normalized spacial score (nSPS) is 16.8. The van der Waals surface area contributed by atoms with Crippen LogP contribution < -0.4 is 10.0 Å². The highest BCUT2D eigenvalue weighted by Crippen LogP contribution is 2.23. The van der Waals surface area contributed by atoms with Gasteiger partial charge in [0.2, 0.25) is 5.91 Å². The Morgan fingerprint density at radius 2 is 1.93 bits per heavy atom. The van der Waals surface area contributed by atoms with Crippen molar-refractivity contribution in [3.8, 4) is 0 Å². The molecule has 2 aromatic rings. The Kier molecular flexibility index (Phi) is 7.21. The van der Waals surface area contributed by atoms with Crippen molar-refractivity contribution in [3.05, 3.63) is 64.7 Å². The number of nitrogens with one attached hydrogen (secondary N) is 2. The lowest BCUT2D eigenvalue weighted by molar-refractivity contribution is -0.122. The summed E-state index contributed by atoms with van der Waals surface area (Å²) in [4.78, 5) is 17.4. The molecule has 0 fully saturated rings. The predicted octanol–water partition coefficient (Wildman–Crippen LogP) is 2.86. The van der Waals surface area contributed by atoms with Gasteiger partial charge in [0.05, 0.1) is 4.90 Å². The summed E-state index contributed by atoms with van der Waals surface area (Å²) in [5.41, 5.74) is 1.56. The van der Waals surface area contributed by atoms with Crippen molar-refractivity contribution in [1.29, 1.82) is 0 Å². The smallest absolute Gasteiger partial charge is 0.263 e. The number of hydrogen-bond acceptors (Lipinski definition) is 5. The van der Waals surface area contributed by atoms with Crippen molar-refractivity contribution in [1.82, 2.24) is 10.0 Å². The highest BCUT2D eigenvalue weighted by atomic mass is 35.5. The van der Waals surface area contributed by atoms with Crippen LogP contribution in [0.3, 0.4) is 0 Å². The number of aliphatic imine (C=N–C) groups is 1. The van der Waals surface area contributed by atoms with Gasteiger partial charge in [-0.15, -0.1) is 0 Å². The first-order valence-electron chi connectivity index (χ1n) is 9.12. The van der Waals surface area contributed by atoms with Gasteiger partial charge in [0.15, 0.2) is 0 Å². The molecular weight excluding hydrogens is 430 g/mol. The Morgan fingerprint density at radius 3 is 2.66 bits per heavy atom. The van der Waals surface area contributed by atoms with E-state index < -0.39 is 16.1 Å². The zero-order chi connectivity index (χ0) is 20.9. The second-order valence-electron chi connectivity index (χ2n) is 6.54. The van der Waals surface area contributed by atoms with Crippen molar-refractivity contribution in [2.45, 2.75) is 23.8 Å². The second kappa shape index (κ2) is 9.65. The molecule has 1 aliphatic heterocycles. The topological polar surface area (TPSA) is 87.6 Å². The molecule has 0 saturated heterocycles. The maximum Gasteiger partial charge on any atom is 0.263 e. The van der Waals surface area contributed by atoms with Gasteiger partial charge in [0.1, 0.15) is 11.9 Å². The van der Waals surface area contributed by atoms with Crippen molar-refractivity contribution >= 4 is 45.1 Å². The zero-order valence-corrected chi connectivity index (χ0v) is 18.3. The van der Waals surface area contributed by atoms with Gasteiger partial charge in [-0.1, -0.05) is 35.9 Å². The number of carbonyl (C=O) groups excluding carboxylic acids is 1. The Balaban J connectivity index is 1.71. The van der Waals surface area contributed by atoms with Crippen LogP contribution >= 0.6 is 23.4 Å². The van der Waals surface area contributed by atoms with Gasteiger partial charge in [0, 0.05) is 17.1 Å². The number of rotatable bonds is 8. The summed E-state index contributed by atoms with van der Waals surface area (Å²) < 4.78 is 27.0. The highest BCUT2D eigenvalue weighted by molar-refractivity contribution is 7.98. The molecule has 1 amide bonds. The van der Waals surface area contributed by atoms with Crippen LogP contribution in [0.1, 0.15) is 17.5 Å². The monoisotopic (exact) mass is 451 g/mol. The fraction of sp³-hybridized carbons (Fsp3) is 0.300. The number of benzene rings is 2. The van der Waals surface area contributed by atoms with Crippen LogP contribution in [-0.4, -0.2) is 44.8 Å². The summed E-state index contributed by atoms with van der Waals surface area (Å²) in [5, 5.41) is 3.58. The number of hydrogen-bond donors (Lipinski definition) is 2. The fourth-order valence-corrected chi connectivity index (χ4v) is 4.79. The third-order valence-electron chi connectivity index (χ3n) is 4.47. The molecular formula is C20H22ClN3O3S2. The van der Waals surface area contributed by atoms with E-state index in [-0.39, 0.29) is 16.6 Å². The molecule has 2 aromatic carbocycles. The summed E-state index contributed by atoms with van der Waals surface area (Å²) in [5.74, 6) is 0.740. The van der Waals surface area contributed by atoms with Crippen molar-refractivity contribution in [3.63, 3.8) is 0 Å². The van der Waals surface area contributed by atoms with Gasteiger partial charge in [0.25, 0.3) is 10.0 Å².